The van der Waals surface area contributed by atoms with Gasteiger partial charge in [0, 0.05) is 23.8 Å². The van der Waals surface area contributed by atoms with Crippen molar-refractivity contribution in [3.8, 4) is 0 Å². The first-order valence-electron chi connectivity index (χ1n) is 9.09. The smallest absolute Gasteiger partial charge is 0.333 e. The van der Waals surface area contributed by atoms with Gasteiger partial charge >= 0.3 is 6.03 Å². The van der Waals surface area contributed by atoms with Gasteiger partial charge in [0.25, 0.3) is 5.91 Å². The largest absolute Gasteiger partial charge is 0.372 e. The monoisotopic (exact) mass is 381 g/mol. The number of imide groups is 1. The number of amides is 3. The number of carbonyl (C=O) groups excluding carboxylic acids is 2. The highest BCUT2D eigenvalue weighted by molar-refractivity contribution is 6.31. The molecule has 27 heavy (non-hydrogen) atoms. The summed E-state index contributed by atoms with van der Waals surface area (Å²) in [5, 5.41) is 3.20. The summed E-state index contributed by atoms with van der Waals surface area (Å²) in [7, 11) is 0. The molecule has 4 rings (SSSR count). The van der Waals surface area contributed by atoms with Crippen molar-refractivity contribution in [3.05, 3.63) is 64.8 Å². The van der Waals surface area contributed by atoms with Crippen molar-refractivity contribution in [1.29, 1.82) is 0 Å². The second kappa shape index (κ2) is 7.45. The Balaban J connectivity index is 1.53. The Morgan fingerprint density at radius 3 is 2.15 bits per heavy atom. The topological polar surface area (TPSA) is 52.7 Å². The molecule has 0 aromatic heterocycles. The van der Waals surface area contributed by atoms with Gasteiger partial charge in [0.15, 0.2) is 0 Å². The maximum Gasteiger partial charge on any atom is 0.333 e. The highest BCUT2D eigenvalue weighted by Gasteiger charge is 2.34. The van der Waals surface area contributed by atoms with E-state index in [9.17, 15) is 9.59 Å². The van der Waals surface area contributed by atoms with Crippen LogP contribution in [-0.2, 0) is 4.79 Å². The number of benzene rings is 2. The molecule has 0 aliphatic carbocycles. The van der Waals surface area contributed by atoms with Crippen molar-refractivity contribution >= 4 is 41.0 Å². The van der Waals surface area contributed by atoms with E-state index in [1.54, 1.807) is 30.3 Å². The van der Waals surface area contributed by atoms with E-state index in [4.69, 9.17) is 11.6 Å². The highest BCUT2D eigenvalue weighted by Crippen LogP contribution is 2.25. The van der Waals surface area contributed by atoms with E-state index >= 15 is 0 Å². The van der Waals surface area contributed by atoms with Gasteiger partial charge in [-0.25, -0.2) is 9.69 Å². The number of hydrogen-bond acceptors (Lipinski definition) is 3. The van der Waals surface area contributed by atoms with Gasteiger partial charge in [0.2, 0.25) is 0 Å². The Kier molecular flexibility index (Phi) is 4.86. The second-order valence-electron chi connectivity index (χ2n) is 6.74. The molecular formula is C21H20ClN3O2. The van der Waals surface area contributed by atoms with Gasteiger partial charge in [-0.2, -0.15) is 0 Å². The van der Waals surface area contributed by atoms with Gasteiger partial charge < -0.3 is 10.2 Å². The Morgan fingerprint density at radius 2 is 1.48 bits per heavy atom. The fourth-order valence-corrected chi connectivity index (χ4v) is 3.59. The Labute approximate surface area is 163 Å². The number of rotatable bonds is 3. The molecule has 2 aliphatic rings. The van der Waals surface area contributed by atoms with Gasteiger partial charge in [-0.15, -0.1) is 0 Å². The number of anilines is 2. The summed E-state index contributed by atoms with van der Waals surface area (Å²) in [4.78, 5) is 28.4. The van der Waals surface area contributed by atoms with E-state index < -0.39 is 6.03 Å². The van der Waals surface area contributed by atoms with Crippen molar-refractivity contribution in [3.63, 3.8) is 0 Å². The van der Waals surface area contributed by atoms with Crippen LogP contribution in [-0.4, -0.2) is 25.0 Å². The number of nitrogens with zero attached hydrogens (tertiary/aromatic N) is 2. The second-order valence-corrected chi connectivity index (χ2v) is 7.18. The standard InChI is InChI=1S/C21H20ClN3O2/c22-16-6-10-18(11-7-16)25-20(26)19(23-21(25)27)14-15-4-8-17(9-5-15)24-12-2-1-3-13-24/h4-11,14H,1-3,12-13H2,(H,23,27)/b19-14+. The van der Waals surface area contributed by atoms with Crippen LogP contribution in [0.3, 0.4) is 0 Å². The maximum absolute atomic E-state index is 12.7. The van der Waals surface area contributed by atoms with Crippen molar-refractivity contribution in [1.82, 2.24) is 5.32 Å². The predicted molar refractivity (Wildman–Crippen MR) is 108 cm³/mol. The number of piperidine rings is 1. The van der Waals surface area contributed by atoms with Crippen LogP contribution in [0.1, 0.15) is 24.8 Å². The molecule has 2 heterocycles. The summed E-state index contributed by atoms with van der Waals surface area (Å²) in [6, 6.07) is 14.2. The van der Waals surface area contributed by atoms with Gasteiger partial charge in [-0.1, -0.05) is 23.7 Å². The highest BCUT2D eigenvalue weighted by atomic mass is 35.5. The molecule has 2 aromatic rings. The summed E-state index contributed by atoms with van der Waals surface area (Å²) in [6.07, 6.45) is 5.46. The number of halogens is 1. The zero-order valence-corrected chi connectivity index (χ0v) is 15.6. The first kappa shape index (κ1) is 17.6. The first-order valence-corrected chi connectivity index (χ1v) is 9.47. The molecule has 0 radical (unpaired) electrons. The predicted octanol–water partition coefficient (Wildman–Crippen LogP) is 4.43. The lowest BCUT2D eigenvalue weighted by atomic mass is 10.1. The van der Waals surface area contributed by atoms with Crippen LogP contribution in [0.5, 0.6) is 0 Å². The molecule has 0 spiro atoms. The van der Waals surface area contributed by atoms with Gasteiger partial charge in [0.05, 0.1) is 5.69 Å². The van der Waals surface area contributed by atoms with Gasteiger partial charge in [0.1, 0.15) is 5.70 Å². The fraction of sp³-hybridized carbons (Fsp3) is 0.238. The quantitative estimate of drug-likeness (QED) is 0.632. The minimum absolute atomic E-state index is 0.265. The average molecular weight is 382 g/mol. The molecule has 5 nitrogen and oxygen atoms in total. The number of urea groups is 1. The van der Waals surface area contributed by atoms with Crippen LogP contribution < -0.4 is 15.1 Å². The average Bonchev–Trinajstić information content (AvgIpc) is 2.97. The van der Waals surface area contributed by atoms with Crippen LogP contribution in [0, 0.1) is 0 Å². The molecule has 0 bridgehead atoms. The summed E-state index contributed by atoms with van der Waals surface area (Å²) < 4.78 is 0. The lowest BCUT2D eigenvalue weighted by Crippen LogP contribution is -2.30. The lowest BCUT2D eigenvalue weighted by molar-refractivity contribution is -0.113. The van der Waals surface area contributed by atoms with E-state index in [0.717, 1.165) is 23.6 Å². The molecule has 138 valence electrons. The number of nitrogens with one attached hydrogen (secondary N) is 1. The number of hydrogen-bond donors (Lipinski definition) is 1. The molecule has 6 heteroatoms. The summed E-state index contributed by atoms with van der Waals surface area (Å²) >= 11 is 5.88. The van der Waals surface area contributed by atoms with Crippen LogP contribution in [0.4, 0.5) is 16.2 Å². The van der Waals surface area contributed by atoms with E-state index in [2.05, 4.69) is 22.3 Å². The van der Waals surface area contributed by atoms with Gasteiger partial charge in [-0.05, 0) is 67.3 Å². The van der Waals surface area contributed by atoms with Crippen LogP contribution >= 0.6 is 11.6 Å². The normalized spacial score (nSPS) is 18.9. The Hall–Kier alpha value is -2.79. The van der Waals surface area contributed by atoms with Crippen LogP contribution in [0.2, 0.25) is 5.02 Å². The molecule has 2 aromatic carbocycles. The zero-order valence-electron chi connectivity index (χ0n) is 14.8. The molecule has 0 atom stereocenters. The minimum atomic E-state index is -0.460. The molecular weight excluding hydrogens is 362 g/mol. The summed E-state index contributed by atoms with van der Waals surface area (Å²) in [5.74, 6) is -0.373. The minimum Gasteiger partial charge on any atom is -0.372 e. The van der Waals surface area contributed by atoms with E-state index in [-0.39, 0.29) is 11.6 Å². The van der Waals surface area contributed by atoms with E-state index in [1.807, 2.05) is 12.1 Å². The molecule has 3 amide bonds. The van der Waals surface area contributed by atoms with E-state index in [0.29, 0.717) is 10.7 Å². The molecule has 2 fully saturated rings. The van der Waals surface area contributed by atoms with Gasteiger partial charge in [-0.3, -0.25) is 4.79 Å². The van der Waals surface area contributed by atoms with Crippen molar-refractivity contribution < 1.29 is 9.59 Å². The number of carbonyl (C=O) groups is 2. The lowest BCUT2D eigenvalue weighted by Gasteiger charge is -2.28. The SMILES string of the molecule is O=C1N/C(=C/c2ccc(N3CCCCC3)cc2)C(=O)N1c1ccc(Cl)cc1. The zero-order chi connectivity index (χ0) is 18.8. The molecule has 2 saturated heterocycles. The maximum atomic E-state index is 12.7. The summed E-state index contributed by atoms with van der Waals surface area (Å²) in [5.41, 5.74) is 2.82. The van der Waals surface area contributed by atoms with Crippen molar-refractivity contribution in [2.45, 2.75) is 19.3 Å². The Bertz CT molecular complexity index is 885. The first-order chi connectivity index (χ1) is 13.1. The molecule has 0 saturated carbocycles. The third kappa shape index (κ3) is 3.69. The molecule has 1 N–H and O–H groups in total. The fourth-order valence-electron chi connectivity index (χ4n) is 3.46. The third-order valence-electron chi connectivity index (χ3n) is 4.89. The van der Waals surface area contributed by atoms with Crippen molar-refractivity contribution in [2.24, 2.45) is 0 Å². The third-order valence-corrected chi connectivity index (χ3v) is 5.14. The molecule has 2 aliphatic heterocycles. The Morgan fingerprint density at radius 1 is 0.852 bits per heavy atom. The summed E-state index contributed by atoms with van der Waals surface area (Å²) in [6.45, 7) is 2.18. The molecule has 0 unspecified atom stereocenters. The van der Waals surface area contributed by atoms with Crippen LogP contribution in [0.25, 0.3) is 6.08 Å². The van der Waals surface area contributed by atoms with E-state index in [1.165, 1.54) is 24.9 Å². The van der Waals surface area contributed by atoms with Crippen LogP contribution in [0.15, 0.2) is 54.2 Å². The van der Waals surface area contributed by atoms with Crippen molar-refractivity contribution in [2.75, 3.05) is 22.9 Å².